The molecule has 0 amide bonds. The summed E-state index contributed by atoms with van der Waals surface area (Å²) < 4.78 is 21.9. The second kappa shape index (κ2) is 7.54. The fraction of sp³-hybridized carbons (Fsp3) is 0.261. The van der Waals surface area contributed by atoms with Crippen molar-refractivity contribution in [3.8, 4) is 22.8 Å². The summed E-state index contributed by atoms with van der Waals surface area (Å²) in [6.45, 7) is 7.15. The topological polar surface area (TPSA) is 82.2 Å². The lowest BCUT2D eigenvalue weighted by molar-refractivity contribution is -0.154. The van der Waals surface area contributed by atoms with Crippen LogP contribution in [0.3, 0.4) is 0 Å². The minimum absolute atomic E-state index is 0.105. The number of rotatable bonds is 5. The second-order valence-electron chi connectivity index (χ2n) is 8.15. The first-order valence-electron chi connectivity index (χ1n) is 9.85. The van der Waals surface area contributed by atoms with Gasteiger partial charge in [-0.1, -0.05) is 11.3 Å². The van der Waals surface area contributed by atoms with Gasteiger partial charge in [-0.2, -0.15) is 0 Å². The first-order chi connectivity index (χ1) is 14.6. The quantitative estimate of drug-likeness (QED) is 0.483. The highest BCUT2D eigenvalue weighted by atomic mass is 19.1. The zero-order valence-electron chi connectivity index (χ0n) is 17.8. The van der Waals surface area contributed by atoms with Crippen molar-refractivity contribution in [1.82, 2.24) is 19.6 Å². The number of fused-ring (bicyclic) bond motifs is 1. The number of carbonyl (C=O) groups excluding carboxylic acids is 1. The Kier molecular flexibility index (Phi) is 5.00. The van der Waals surface area contributed by atoms with Gasteiger partial charge < -0.3 is 14.4 Å². The number of halogens is 1. The molecule has 2 aromatic heterocycles. The molecule has 0 saturated heterocycles. The summed E-state index contributed by atoms with van der Waals surface area (Å²) in [5.74, 6) is -0.579. The highest BCUT2D eigenvalue weighted by Gasteiger charge is 2.24. The van der Waals surface area contributed by atoms with Gasteiger partial charge in [0.1, 0.15) is 17.1 Å². The smallest absolute Gasteiger partial charge is 0.303 e. The van der Waals surface area contributed by atoms with Crippen LogP contribution in [0.2, 0.25) is 0 Å². The van der Waals surface area contributed by atoms with E-state index in [2.05, 4.69) is 10.3 Å². The van der Waals surface area contributed by atoms with E-state index < -0.39 is 5.60 Å². The summed E-state index contributed by atoms with van der Waals surface area (Å²) in [7, 11) is 0. The number of carbonyl (C=O) groups is 1. The number of hydrogen-bond acceptors (Lipinski definition) is 5. The van der Waals surface area contributed by atoms with E-state index in [1.807, 2.05) is 31.3 Å². The van der Waals surface area contributed by atoms with E-state index in [0.717, 1.165) is 22.3 Å². The summed E-state index contributed by atoms with van der Waals surface area (Å²) in [5.41, 5.74) is 2.30. The number of ether oxygens (including phenoxy) is 1. The van der Waals surface area contributed by atoms with Crippen LogP contribution in [-0.2, 0) is 16.1 Å². The Balaban J connectivity index is 1.69. The van der Waals surface area contributed by atoms with Gasteiger partial charge in [0.2, 0.25) is 0 Å². The molecule has 160 valence electrons. The highest BCUT2D eigenvalue weighted by Crippen LogP contribution is 2.33. The molecular weight excluding hydrogens is 399 g/mol. The molecule has 0 aliphatic carbocycles. The van der Waals surface area contributed by atoms with Gasteiger partial charge >= 0.3 is 5.97 Å². The standard InChI is InChI=1S/C23H23FN4O3/c1-14-21(25-26-28(14)19-8-6-18(24)7-9-19)16-5-10-20-17(11-16)12-27(22(20)30)13-23(3,4)31-15(2)29/h5-12,30H,13H2,1-4H3. The molecule has 0 radical (unpaired) electrons. The lowest BCUT2D eigenvalue weighted by atomic mass is 10.1. The van der Waals surface area contributed by atoms with Crippen LogP contribution in [0, 0.1) is 12.7 Å². The Bertz CT molecular complexity index is 1270. The Labute approximate surface area is 178 Å². The Morgan fingerprint density at radius 2 is 1.90 bits per heavy atom. The lowest BCUT2D eigenvalue weighted by Gasteiger charge is -2.25. The minimum Gasteiger partial charge on any atom is -0.494 e. The summed E-state index contributed by atoms with van der Waals surface area (Å²) in [5, 5.41) is 20.7. The maximum atomic E-state index is 13.2. The molecule has 4 aromatic rings. The number of hydrogen-bond donors (Lipinski definition) is 1. The van der Waals surface area contributed by atoms with E-state index in [1.54, 1.807) is 35.2 Å². The van der Waals surface area contributed by atoms with Crippen LogP contribution in [0.25, 0.3) is 27.7 Å². The Morgan fingerprint density at radius 3 is 2.58 bits per heavy atom. The first-order valence-corrected chi connectivity index (χ1v) is 9.85. The van der Waals surface area contributed by atoms with E-state index in [4.69, 9.17) is 4.74 Å². The third-order valence-corrected chi connectivity index (χ3v) is 5.07. The van der Waals surface area contributed by atoms with Gasteiger partial charge in [-0.25, -0.2) is 9.07 Å². The van der Waals surface area contributed by atoms with Gasteiger partial charge in [0, 0.05) is 29.5 Å². The summed E-state index contributed by atoms with van der Waals surface area (Å²) >= 11 is 0. The molecule has 31 heavy (non-hydrogen) atoms. The summed E-state index contributed by atoms with van der Waals surface area (Å²) in [6.07, 6.45) is 1.82. The highest BCUT2D eigenvalue weighted by molar-refractivity contribution is 5.91. The van der Waals surface area contributed by atoms with Gasteiger partial charge in [0.05, 0.1) is 17.9 Å². The summed E-state index contributed by atoms with van der Waals surface area (Å²) in [6, 6.07) is 11.7. The third kappa shape index (κ3) is 4.01. The molecule has 0 saturated carbocycles. The van der Waals surface area contributed by atoms with Crippen LogP contribution in [0.5, 0.6) is 5.88 Å². The number of esters is 1. The number of nitrogens with zero attached hydrogens (tertiary/aromatic N) is 4. The fourth-order valence-corrected chi connectivity index (χ4v) is 3.78. The van der Waals surface area contributed by atoms with Crippen molar-refractivity contribution in [3.05, 3.63) is 60.2 Å². The lowest BCUT2D eigenvalue weighted by Crippen LogP contribution is -2.32. The van der Waals surface area contributed by atoms with Crippen molar-refractivity contribution in [1.29, 1.82) is 0 Å². The van der Waals surface area contributed by atoms with Crippen molar-refractivity contribution in [2.75, 3.05) is 0 Å². The van der Waals surface area contributed by atoms with E-state index >= 15 is 0 Å². The van der Waals surface area contributed by atoms with Gasteiger partial charge in [0.15, 0.2) is 5.88 Å². The predicted molar refractivity (Wildman–Crippen MR) is 114 cm³/mol. The maximum absolute atomic E-state index is 13.2. The molecule has 0 fully saturated rings. The van der Waals surface area contributed by atoms with E-state index in [-0.39, 0.29) is 17.7 Å². The number of aromatic hydroxyl groups is 1. The van der Waals surface area contributed by atoms with Gasteiger partial charge in [-0.3, -0.25) is 4.79 Å². The van der Waals surface area contributed by atoms with Crippen LogP contribution in [0.1, 0.15) is 26.5 Å². The van der Waals surface area contributed by atoms with Crippen LogP contribution in [0.15, 0.2) is 48.7 Å². The van der Waals surface area contributed by atoms with Crippen LogP contribution in [-0.4, -0.2) is 36.2 Å². The predicted octanol–water partition coefficient (Wildman–Crippen LogP) is 4.38. The van der Waals surface area contributed by atoms with Crippen molar-refractivity contribution >= 4 is 16.7 Å². The molecule has 0 aliphatic rings. The molecule has 2 aromatic carbocycles. The molecule has 0 spiro atoms. The average molecular weight is 422 g/mol. The first kappa shape index (κ1) is 20.6. The van der Waals surface area contributed by atoms with Crippen molar-refractivity contribution < 1.29 is 19.0 Å². The molecule has 1 N–H and O–H groups in total. The van der Waals surface area contributed by atoms with Gasteiger partial charge in [-0.15, -0.1) is 5.10 Å². The average Bonchev–Trinajstić information content (AvgIpc) is 3.21. The summed E-state index contributed by atoms with van der Waals surface area (Å²) in [4.78, 5) is 11.3. The van der Waals surface area contributed by atoms with Crippen molar-refractivity contribution in [3.63, 3.8) is 0 Å². The molecule has 0 atom stereocenters. The van der Waals surface area contributed by atoms with E-state index in [1.165, 1.54) is 19.1 Å². The van der Waals surface area contributed by atoms with Crippen LogP contribution >= 0.6 is 0 Å². The van der Waals surface area contributed by atoms with E-state index in [0.29, 0.717) is 17.6 Å². The van der Waals surface area contributed by atoms with E-state index in [9.17, 15) is 14.3 Å². The third-order valence-electron chi connectivity index (χ3n) is 5.07. The molecule has 0 aliphatic heterocycles. The minimum atomic E-state index is -0.768. The SMILES string of the molecule is CC(=O)OC(C)(C)Cn1cc2cc(-c3nnn(-c4ccc(F)cc4)c3C)ccc2c1O. The molecule has 0 unspecified atom stereocenters. The zero-order chi connectivity index (χ0) is 22.3. The molecule has 7 nitrogen and oxygen atoms in total. The van der Waals surface area contributed by atoms with Gasteiger partial charge in [0.25, 0.3) is 0 Å². The van der Waals surface area contributed by atoms with Crippen molar-refractivity contribution in [2.45, 2.75) is 39.8 Å². The zero-order valence-corrected chi connectivity index (χ0v) is 17.8. The normalized spacial score (nSPS) is 11.8. The maximum Gasteiger partial charge on any atom is 0.303 e. The van der Waals surface area contributed by atoms with Crippen LogP contribution in [0.4, 0.5) is 4.39 Å². The second-order valence-corrected chi connectivity index (χ2v) is 8.15. The molecular formula is C23H23FN4O3. The Hall–Kier alpha value is -3.68. The van der Waals surface area contributed by atoms with Crippen molar-refractivity contribution in [2.24, 2.45) is 0 Å². The monoisotopic (exact) mass is 422 g/mol. The molecule has 4 rings (SSSR count). The number of aromatic nitrogens is 4. The molecule has 2 heterocycles. The van der Waals surface area contributed by atoms with Crippen LogP contribution < -0.4 is 0 Å². The molecule has 8 heteroatoms. The fourth-order valence-electron chi connectivity index (χ4n) is 3.78. The van der Waals surface area contributed by atoms with Gasteiger partial charge in [-0.05, 0) is 57.2 Å². The molecule has 0 bridgehead atoms. The number of benzene rings is 2. The largest absolute Gasteiger partial charge is 0.494 e. The Morgan fingerprint density at radius 1 is 1.19 bits per heavy atom.